The van der Waals surface area contributed by atoms with Crippen molar-refractivity contribution in [2.45, 2.75) is 39.3 Å². The van der Waals surface area contributed by atoms with Crippen LogP contribution in [-0.2, 0) is 14.8 Å². The molecule has 162 valence electrons. The summed E-state index contributed by atoms with van der Waals surface area (Å²) in [4.78, 5) is 13.1. The molecule has 2 aromatic rings. The minimum absolute atomic E-state index is 0.332. The SMILES string of the molecule is CC[C@H](C(=O)N[C@@H](C)c1ccc2c(c1)OCCO2)N(c1cccc(C)c1)S(C)(=O)=O. The lowest BCUT2D eigenvalue weighted by Crippen LogP contribution is -2.49. The van der Waals surface area contributed by atoms with Crippen molar-refractivity contribution < 1.29 is 22.7 Å². The molecular formula is C22H28N2O5S. The van der Waals surface area contributed by atoms with Gasteiger partial charge in [-0.05, 0) is 55.7 Å². The highest BCUT2D eigenvalue weighted by Gasteiger charge is 2.32. The fourth-order valence-corrected chi connectivity index (χ4v) is 4.75. The summed E-state index contributed by atoms with van der Waals surface area (Å²) in [6.07, 6.45) is 1.45. The Morgan fingerprint density at radius 3 is 2.47 bits per heavy atom. The zero-order valence-corrected chi connectivity index (χ0v) is 18.5. The molecule has 1 heterocycles. The van der Waals surface area contributed by atoms with Crippen LogP contribution in [0.25, 0.3) is 0 Å². The van der Waals surface area contributed by atoms with Gasteiger partial charge >= 0.3 is 0 Å². The van der Waals surface area contributed by atoms with Gasteiger partial charge in [-0.25, -0.2) is 8.42 Å². The maximum atomic E-state index is 13.1. The van der Waals surface area contributed by atoms with E-state index in [-0.39, 0.29) is 11.9 Å². The third-order valence-electron chi connectivity index (χ3n) is 5.01. The average molecular weight is 433 g/mol. The van der Waals surface area contributed by atoms with Crippen molar-refractivity contribution >= 4 is 21.6 Å². The van der Waals surface area contributed by atoms with Crippen LogP contribution in [0.2, 0.25) is 0 Å². The molecule has 0 spiro atoms. The highest BCUT2D eigenvalue weighted by molar-refractivity contribution is 7.92. The number of sulfonamides is 1. The van der Waals surface area contributed by atoms with E-state index in [2.05, 4.69) is 5.32 Å². The smallest absolute Gasteiger partial charge is 0.244 e. The van der Waals surface area contributed by atoms with Gasteiger partial charge in [0.1, 0.15) is 19.3 Å². The van der Waals surface area contributed by atoms with Gasteiger partial charge in [0.05, 0.1) is 18.0 Å². The largest absolute Gasteiger partial charge is 0.486 e. The predicted molar refractivity (Wildman–Crippen MR) is 117 cm³/mol. The van der Waals surface area contributed by atoms with Gasteiger partial charge in [0.2, 0.25) is 15.9 Å². The van der Waals surface area contributed by atoms with Crippen LogP contribution >= 0.6 is 0 Å². The Kier molecular flexibility index (Phi) is 6.55. The predicted octanol–water partition coefficient (Wildman–Crippen LogP) is 3.19. The lowest BCUT2D eigenvalue weighted by atomic mass is 10.1. The minimum Gasteiger partial charge on any atom is -0.486 e. The zero-order chi connectivity index (χ0) is 21.9. The molecule has 2 atom stereocenters. The zero-order valence-electron chi connectivity index (χ0n) is 17.7. The third-order valence-corrected chi connectivity index (χ3v) is 6.19. The standard InChI is InChI=1S/C22H28N2O5S/c1-5-19(24(30(4,26)27)18-8-6-7-15(2)13-18)22(25)23-16(3)17-9-10-20-21(14-17)29-12-11-28-20/h6-10,13-14,16,19H,5,11-12H2,1-4H3,(H,23,25)/t16-,19+/m0/s1. The number of hydrogen-bond acceptors (Lipinski definition) is 5. The molecule has 7 nitrogen and oxygen atoms in total. The summed E-state index contributed by atoms with van der Waals surface area (Å²) < 4.78 is 37.5. The molecular weight excluding hydrogens is 404 g/mol. The van der Waals surface area contributed by atoms with Crippen LogP contribution in [0, 0.1) is 6.92 Å². The van der Waals surface area contributed by atoms with Gasteiger partial charge in [0, 0.05) is 0 Å². The monoisotopic (exact) mass is 432 g/mol. The van der Waals surface area contributed by atoms with E-state index in [0.717, 1.165) is 17.4 Å². The number of anilines is 1. The Hall–Kier alpha value is -2.74. The number of carbonyl (C=O) groups excluding carboxylic acids is 1. The molecule has 1 N–H and O–H groups in total. The molecule has 1 aliphatic rings. The molecule has 0 fully saturated rings. The lowest BCUT2D eigenvalue weighted by Gasteiger charge is -2.31. The van der Waals surface area contributed by atoms with Gasteiger partial charge < -0.3 is 14.8 Å². The van der Waals surface area contributed by atoms with Crippen LogP contribution < -0.4 is 19.1 Å². The van der Waals surface area contributed by atoms with Gasteiger partial charge in [0.25, 0.3) is 0 Å². The number of aryl methyl sites for hydroxylation is 1. The van der Waals surface area contributed by atoms with Gasteiger partial charge in [-0.2, -0.15) is 0 Å². The van der Waals surface area contributed by atoms with Crippen molar-refractivity contribution in [3.63, 3.8) is 0 Å². The van der Waals surface area contributed by atoms with Crippen LogP contribution in [0.3, 0.4) is 0 Å². The highest BCUT2D eigenvalue weighted by Crippen LogP contribution is 2.32. The van der Waals surface area contributed by atoms with E-state index in [0.29, 0.717) is 36.8 Å². The van der Waals surface area contributed by atoms with Crippen molar-refractivity contribution in [2.75, 3.05) is 23.8 Å². The number of ether oxygens (including phenoxy) is 2. The third kappa shape index (κ3) is 4.87. The number of nitrogens with one attached hydrogen (secondary N) is 1. The molecule has 0 saturated heterocycles. The van der Waals surface area contributed by atoms with E-state index in [9.17, 15) is 13.2 Å². The molecule has 3 rings (SSSR count). The summed E-state index contributed by atoms with van der Waals surface area (Å²) in [5.74, 6) is 0.967. The van der Waals surface area contributed by atoms with Crippen molar-refractivity contribution in [1.29, 1.82) is 0 Å². The van der Waals surface area contributed by atoms with Crippen molar-refractivity contribution in [3.8, 4) is 11.5 Å². The quantitative estimate of drug-likeness (QED) is 0.726. The van der Waals surface area contributed by atoms with Gasteiger partial charge in [-0.1, -0.05) is 25.1 Å². The second-order valence-electron chi connectivity index (χ2n) is 7.46. The number of hydrogen-bond donors (Lipinski definition) is 1. The molecule has 1 amide bonds. The van der Waals surface area contributed by atoms with Crippen LogP contribution in [0.5, 0.6) is 11.5 Å². The molecule has 0 radical (unpaired) electrons. The number of nitrogens with zero attached hydrogens (tertiary/aromatic N) is 1. The Morgan fingerprint density at radius 1 is 1.13 bits per heavy atom. The molecule has 2 aromatic carbocycles. The summed E-state index contributed by atoms with van der Waals surface area (Å²) in [6, 6.07) is 11.5. The van der Waals surface area contributed by atoms with Gasteiger partial charge in [-0.3, -0.25) is 9.10 Å². The minimum atomic E-state index is -3.67. The second-order valence-corrected chi connectivity index (χ2v) is 9.31. The number of rotatable bonds is 7. The summed E-state index contributed by atoms with van der Waals surface area (Å²) in [7, 11) is -3.67. The Balaban J connectivity index is 1.83. The van der Waals surface area contributed by atoms with Crippen molar-refractivity contribution in [2.24, 2.45) is 0 Å². The first-order chi connectivity index (χ1) is 14.2. The fraction of sp³-hybridized carbons (Fsp3) is 0.409. The molecule has 0 aromatic heterocycles. The maximum Gasteiger partial charge on any atom is 0.244 e. The fourth-order valence-electron chi connectivity index (χ4n) is 3.55. The highest BCUT2D eigenvalue weighted by atomic mass is 32.2. The van der Waals surface area contributed by atoms with E-state index in [1.165, 1.54) is 4.31 Å². The number of carbonyl (C=O) groups is 1. The van der Waals surface area contributed by atoms with Gasteiger partial charge in [-0.15, -0.1) is 0 Å². The molecule has 0 saturated carbocycles. The van der Waals surface area contributed by atoms with E-state index in [4.69, 9.17) is 9.47 Å². The number of amides is 1. The summed E-state index contributed by atoms with van der Waals surface area (Å²) in [5, 5.41) is 2.95. The first-order valence-electron chi connectivity index (χ1n) is 9.96. The van der Waals surface area contributed by atoms with E-state index >= 15 is 0 Å². The summed E-state index contributed by atoms with van der Waals surface area (Å²) in [6.45, 7) is 6.53. The van der Waals surface area contributed by atoms with Crippen LogP contribution in [0.4, 0.5) is 5.69 Å². The first kappa shape index (κ1) is 22.0. The van der Waals surface area contributed by atoms with E-state index in [1.54, 1.807) is 25.1 Å². The lowest BCUT2D eigenvalue weighted by molar-refractivity contribution is -0.122. The van der Waals surface area contributed by atoms with Crippen LogP contribution in [0.15, 0.2) is 42.5 Å². The molecule has 30 heavy (non-hydrogen) atoms. The Morgan fingerprint density at radius 2 is 1.83 bits per heavy atom. The molecule has 8 heteroatoms. The molecule has 0 aliphatic carbocycles. The van der Waals surface area contributed by atoms with Crippen LogP contribution in [0.1, 0.15) is 37.4 Å². The average Bonchev–Trinajstić information content (AvgIpc) is 2.70. The van der Waals surface area contributed by atoms with E-state index in [1.807, 2.05) is 38.1 Å². The summed E-state index contributed by atoms with van der Waals surface area (Å²) in [5.41, 5.74) is 2.25. The second kappa shape index (κ2) is 8.95. The number of benzene rings is 2. The van der Waals surface area contributed by atoms with Gasteiger partial charge in [0.15, 0.2) is 11.5 Å². The van der Waals surface area contributed by atoms with Crippen molar-refractivity contribution in [3.05, 3.63) is 53.6 Å². The molecule has 0 unspecified atom stereocenters. The molecule has 1 aliphatic heterocycles. The first-order valence-corrected chi connectivity index (χ1v) is 11.8. The topological polar surface area (TPSA) is 84.9 Å². The van der Waals surface area contributed by atoms with Crippen LogP contribution in [-0.4, -0.2) is 39.8 Å². The van der Waals surface area contributed by atoms with Crippen molar-refractivity contribution in [1.82, 2.24) is 5.32 Å². The Labute approximate surface area is 178 Å². The number of fused-ring (bicyclic) bond motifs is 1. The summed E-state index contributed by atoms with van der Waals surface area (Å²) >= 11 is 0. The normalized spacial score (nSPS) is 15.2. The molecule has 0 bridgehead atoms. The van der Waals surface area contributed by atoms with E-state index < -0.39 is 16.1 Å². The maximum absolute atomic E-state index is 13.1. The Bertz CT molecular complexity index is 1020.